The lowest BCUT2D eigenvalue weighted by molar-refractivity contribution is 0.475. The van der Waals surface area contributed by atoms with Crippen LogP contribution in [0.3, 0.4) is 0 Å². The van der Waals surface area contributed by atoms with E-state index >= 15 is 0 Å². The van der Waals surface area contributed by atoms with Crippen molar-refractivity contribution in [3.63, 3.8) is 0 Å². The summed E-state index contributed by atoms with van der Waals surface area (Å²) in [4.78, 5) is 6.81. The molecule has 0 saturated heterocycles. The monoisotopic (exact) mass is 362 g/mol. The van der Waals surface area contributed by atoms with Gasteiger partial charge in [0.15, 0.2) is 0 Å². The average Bonchev–Trinajstić information content (AvgIpc) is 3.38. The summed E-state index contributed by atoms with van der Waals surface area (Å²) in [5.74, 6) is 0.340. The van der Waals surface area contributed by atoms with E-state index in [4.69, 9.17) is 5.11 Å². The Bertz CT molecular complexity index is 818. The Morgan fingerprint density at radius 1 is 0.926 bits per heavy atom. The Morgan fingerprint density at radius 2 is 1.67 bits per heavy atom. The topological polar surface area (TPSA) is 48.9 Å². The fourth-order valence-electron chi connectivity index (χ4n) is 2.79. The average molecular weight is 363 g/mol. The lowest BCUT2D eigenvalue weighted by Crippen LogP contribution is -1.81. The number of hydrogen-bond donors (Lipinski definition) is 2. The number of phenols is 1. The van der Waals surface area contributed by atoms with E-state index in [1.54, 1.807) is 24.0 Å². The molecule has 0 radical (unpaired) electrons. The number of nitrogens with one attached hydrogen (secondary N) is 1. The van der Waals surface area contributed by atoms with E-state index in [0.29, 0.717) is 5.75 Å². The number of benzene rings is 2. The first-order chi connectivity index (χ1) is 13.2. The van der Waals surface area contributed by atoms with Gasteiger partial charge in [-0.25, -0.2) is 4.98 Å². The van der Waals surface area contributed by atoms with Gasteiger partial charge in [-0.05, 0) is 54.5 Å². The number of aromatic nitrogens is 2. The molecule has 1 aliphatic carbocycles. The van der Waals surface area contributed by atoms with Crippen LogP contribution in [0.1, 0.15) is 49.6 Å². The highest BCUT2D eigenvalue weighted by Crippen LogP contribution is 2.25. The summed E-state index contributed by atoms with van der Waals surface area (Å²) in [6, 6.07) is 15.9. The van der Waals surface area contributed by atoms with Crippen LogP contribution < -0.4 is 0 Å². The number of phenolic OH excluding ortho intramolecular Hbond substituents is 1. The van der Waals surface area contributed by atoms with E-state index in [-0.39, 0.29) is 0 Å². The van der Waals surface area contributed by atoms with Crippen LogP contribution in [0.15, 0.2) is 66.6 Å². The molecule has 0 bridgehead atoms. The number of rotatable bonds is 3. The van der Waals surface area contributed by atoms with Crippen molar-refractivity contribution in [3.05, 3.63) is 89.0 Å². The summed E-state index contributed by atoms with van der Waals surface area (Å²) in [7, 11) is 0. The molecule has 0 spiro atoms. The first kappa shape index (κ1) is 20.5. The standard InChI is InChI=1S/C11H12.C8H10O.C5H8N2/c1-2-9-7-10-5-3-4-6-11(10)8-9;1-2-7-3-5-8(9)6-4-7;1-2-5-3-6-4-7-5/h3-7H,2,8H2,1H3;3-6,9H,2H2,1H3;3-4H,2H2,1H3,(H,6,7). The van der Waals surface area contributed by atoms with Gasteiger partial charge in [0.25, 0.3) is 0 Å². The number of nitrogens with zero attached hydrogens (tertiary/aromatic N) is 1. The summed E-state index contributed by atoms with van der Waals surface area (Å²) in [5, 5.41) is 8.85. The van der Waals surface area contributed by atoms with Gasteiger partial charge in [0.2, 0.25) is 0 Å². The molecule has 2 aromatic carbocycles. The molecule has 3 aromatic rings. The predicted molar refractivity (Wildman–Crippen MR) is 114 cm³/mol. The Hall–Kier alpha value is -2.81. The van der Waals surface area contributed by atoms with Crippen LogP contribution in [0, 0.1) is 0 Å². The van der Waals surface area contributed by atoms with Crippen LogP contribution in [0.25, 0.3) is 6.08 Å². The van der Waals surface area contributed by atoms with Crippen molar-refractivity contribution in [1.29, 1.82) is 0 Å². The van der Waals surface area contributed by atoms with Crippen LogP contribution in [-0.2, 0) is 19.3 Å². The van der Waals surface area contributed by atoms with Crippen molar-refractivity contribution in [3.8, 4) is 5.75 Å². The van der Waals surface area contributed by atoms with Gasteiger partial charge in [-0.2, -0.15) is 0 Å². The van der Waals surface area contributed by atoms with Crippen LogP contribution in [0.4, 0.5) is 0 Å². The number of aromatic hydroxyl groups is 1. The lowest BCUT2D eigenvalue weighted by atomic mass is 10.1. The maximum Gasteiger partial charge on any atom is 0.115 e. The van der Waals surface area contributed by atoms with E-state index in [9.17, 15) is 0 Å². The van der Waals surface area contributed by atoms with Crippen molar-refractivity contribution < 1.29 is 5.11 Å². The Balaban J connectivity index is 0.000000149. The van der Waals surface area contributed by atoms with Crippen molar-refractivity contribution >= 4 is 6.08 Å². The summed E-state index contributed by atoms with van der Waals surface area (Å²) in [6.07, 6.45) is 10.3. The molecule has 27 heavy (non-hydrogen) atoms. The second-order valence-electron chi connectivity index (χ2n) is 6.48. The molecule has 3 nitrogen and oxygen atoms in total. The number of fused-ring (bicyclic) bond motifs is 1. The third-order valence-electron chi connectivity index (χ3n) is 4.57. The minimum absolute atomic E-state index is 0.340. The van der Waals surface area contributed by atoms with Crippen LogP contribution in [0.5, 0.6) is 5.75 Å². The zero-order chi connectivity index (χ0) is 19.5. The summed E-state index contributed by atoms with van der Waals surface area (Å²) in [5.41, 5.74) is 6.92. The van der Waals surface area contributed by atoms with E-state index in [1.165, 1.54) is 35.2 Å². The van der Waals surface area contributed by atoms with E-state index in [2.05, 4.69) is 61.1 Å². The molecule has 142 valence electrons. The first-order valence-corrected chi connectivity index (χ1v) is 9.68. The second kappa shape index (κ2) is 11.0. The normalized spacial score (nSPS) is 11.4. The van der Waals surface area contributed by atoms with E-state index in [0.717, 1.165) is 12.8 Å². The fourth-order valence-corrected chi connectivity index (χ4v) is 2.79. The Kier molecular flexibility index (Phi) is 8.37. The van der Waals surface area contributed by atoms with E-state index in [1.807, 2.05) is 18.3 Å². The molecular weight excluding hydrogens is 332 g/mol. The molecule has 0 amide bonds. The van der Waals surface area contributed by atoms with Gasteiger partial charge < -0.3 is 10.1 Å². The molecule has 0 fully saturated rings. The van der Waals surface area contributed by atoms with Crippen molar-refractivity contribution in [2.45, 2.75) is 46.5 Å². The molecule has 2 N–H and O–H groups in total. The third kappa shape index (κ3) is 6.78. The van der Waals surface area contributed by atoms with Gasteiger partial charge in [0.05, 0.1) is 6.33 Å². The number of hydrogen-bond acceptors (Lipinski definition) is 2. The molecule has 0 atom stereocenters. The van der Waals surface area contributed by atoms with Crippen molar-refractivity contribution in [2.24, 2.45) is 0 Å². The largest absolute Gasteiger partial charge is 0.508 e. The SMILES string of the molecule is CCC1=Cc2ccccc2C1.CCc1ccc(O)cc1.CCc1cnc[nH]1. The molecule has 1 heterocycles. The molecule has 0 unspecified atom stereocenters. The van der Waals surface area contributed by atoms with Crippen molar-refractivity contribution in [2.75, 3.05) is 0 Å². The first-order valence-electron chi connectivity index (χ1n) is 9.68. The summed E-state index contributed by atoms with van der Waals surface area (Å²) in [6.45, 7) is 6.40. The van der Waals surface area contributed by atoms with Gasteiger partial charge in [-0.15, -0.1) is 0 Å². The lowest BCUT2D eigenvalue weighted by Gasteiger charge is -1.95. The molecule has 3 heteroatoms. The van der Waals surface area contributed by atoms with E-state index < -0.39 is 0 Å². The van der Waals surface area contributed by atoms with Gasteiger partial charge in [-0.3, -0.25) is 0 Å². The highest BCUT2D eigenvalue weighted by molar-refractivity contribution is 5.63. The highest BCUT2D eigenvalue weighted by Gasteiger charge is 2.08. The number of aryl methyl sites for hydroxylation is 2. The number of imidazole rings is 1. The molecule has 1 aliphatic rings. The zero-order valence-electron chi connectivity index (χ0n) is 16.6. The molecular formula is C24H30N2O. The third-order valence-corrected chi connectivity index (χ3v) is 4.57. The van der Waals surface area contributed by atoms with Crippen molar-refractivity contribution in [1.82, 2.24) is 9.97 Å². The highest BCUT2D eigenvalue weighted by atomic mass is 16.3. The van der Waals surface area contributed by atoms with Gasteiger partial charge in [-0.1, -0.05) is 68.8 Å². The maximum absolute atomic E-state index is 8.85. The number of aromatic amines is 1. The summed E-state index contributed by atoms with van der Waals surface area (Å²) >= 11 is 0. The van der Waals surface area contributed by atoms with Gasteiger partial charge >= 0.3 is 0 Å². The molecule has 0 aliphatic heterocycles. The quantitative estimate of drug-likeness (QED) is 0.603. The summed E-state index contributed by atoms with van der Waals surface area (Å²) < 4.78 is 0. The fraction of sp³-hybridized carbons (Fsp3) is 0.292. The smallest absolute Gasteiger partial charge is 0.115 e. The van der Waals surface area contributed by atoms with Gasteiger partial charge in [0, 0.05) is 11.9 Å². The number of H-pyrrole nitrogens is 1. The van der Waals surface area contributed by atoms with Gasteiger partial charge in [0.1, 0.15) is 5.75 Å². The zero-order valence-corrected chi connectivity index (χ0v) is 16.6. The molecule has 4 rings (SSSR count). The maximum atomic E-state index is 8.85. The minimum Gasteiger partial charge on any atom is -0.508 e. The Morgan fingerprint density at radius 3 is 2.19 bits per heavy atom. The second-order valence-corrected chi connectivity index (χ2v) is 6.48. The minimum atomic E-state index is 0.340. The van der Waals surface area contributed by atoms with Crippen LogP contribution in [0.2, 0.25) is 0 Å². The van der Waals surface area contributed by atoms with Crippen LogP contribution in [-0.4, -0.2) is 15.1 Å². The molecule has 0 saturated carbocycles. The van der Waals surface area contributed by atoms with Crippen LogP contribution >= 0.6 is 0 Å². The predicted octanol–water partition coefficient (Wildman–Crippen LogP) is 5.96. The number of allylic oxidation sites excluding steroid dienone is 1. The molecule has 1 aromatic heterocycles. The Labute approximate surface area is 162 Å².